The van der Waals surface area contributed by atoms with Crippen LogP contribution in [0.4, 0.5) is 10.6 Å². The second kappa shape index (κ2) is 4.52. The van der Waals surface area contributed by atoms with Gasteiger partial charge in [0.25, 0.3) is 0 Å². The van der Waals surface area contributed by atoms with Crippen LogP contribution in [0, 0.1) is 13.8 Å². The van der Waals surface area contributed by atoms with E-state index < -0.39 is 0 Å². The van der Waals surface area contributed by atoms with Crippen LogP contribution in [0.15, 0.2) is 6.07 Å². The molecule has 2 heterocycles. The smallest absolute Gasteiger partial charge is 0.333 e. The van der Waals surface area contributed by atoms with Crippen molar-refractivity contribution in [1.29, 1.82) is 0 Å². The van der Waals surface area contributed by atoms with Crippen molar-refractivity contribution in [1.82, 2.24) is 25.5 Å². The van der Waals surface area contributed by atoms with Gasteiger partial charge in [-0.3, -0.25) is 15.5 Å². The Morgan fingerprint density at radius 2 is 2.11 bits per heavy atom. The zero-order valence-electron chi connectivity index (χ0n) is 10.8. The summed E-state index contributed by atoms with van der Waals surface area (Å²) in [5, 5.41) is 7.82. The van der Waals surface area contributed by atoms with Gasteiger partial charge in [-0.2, -0.15) is 5.10 Å². The van der Waals surface area contributed by atoms with Crippen LogP contribution in [0.25, 0.3) is 11.0 Å². The van der Waals surface area contributed by atoms with E-state index in [4.69, 9.17) is 0 Å². The quantitative estimate of drug-likeness (QED) is 0.688. The van der Waals surface area contributed by atoms with Crippen LogP contribution in [0.1, 0.15) is 11.3 Å². The molecule has 0 bridgehead atoms. The molecule has 2 rings (SSSR count). The highest BCUT2D eigenvalue weighted by Crippen LogP contribution is 2.22. The Bertz CT molecular complexity index is 603. The van der Waals surface area contributed by atoms with Crippen LogP contribution in [-0.2, 0) is 7.05 Å². The van der Waals surface area contributed by atoms with E-state index in [1.54, 1.807) is 11.7 Å². The van der Waals surface area contributed by atoms with E-state index in [1.807, 2.05) is 27.0 Å². The fourth-order valence-corrected chi connectivity index (χ4v) is 1.91. The molecule has 7 heteroatoms. The number of urea groups is 1. The Labute approximate surface area is 105 Å². The van der Waals surface area contributed by atoms with Gasteiger partial charge in [-0.1, -0.05) is 0 Å². The molecule has 0 aliphatic heterocycles. The SMILES string of the molecule is CNC(=O)NNc1cc(C)c2c(C)nn(C)c2n1. The lowest BCUT2D eigenvalue weighted by molar-refractivity contribution is 0.244. The summed E-state index contributed by atoms with van der Waals surface area (Å²) in [4.78, 5) is 15.5. The average Bonchev–Trinajstić information content (AvgIpc) is 2.62. The van der Waals surface area contributed by atoms with Crippen molar-refractivity contribution >= 4 is 22.9 Å². The summed E-state index contributed by atoms with van der Waals surface area (Å²) in [5.41, 5.74) is 8.02. The fourth-order valence-electron chi connectivity index (χ4n) is 1.91. The third-order valence-electron chi connectivity index (χ3n) is 2.70. The number of nitrogens with zero attached hydrogens (tertiary/aromatic N) is 3. The first kappa shape index (κ1) is 12.2. The summed E-state index contributed by atoms with van der Waals surface area (Å²) < 4.78 is 1.72. The van der Waals surface area contributed by atoms with Crippen LogP contribution in [0.2, 0.25) is 0 Å². The molecule has 0 atom stereocenters. The zero-order valence-corrected chi connectivity index (χ0v) is 10.8. The molecular formula is C11H16N6O. The largest absolute Gasteiger partial charge is 0.340 e. The highest BCUT2D eigenvalue weighted by Gasteiger charge is 2.10. The maximum atomic E-state index is 11.1. The summed E-state index contributed by atoms with van der Waals surface area (Å²) in [5.74, 6) is 0.576. The molecule has 0 aliphatic carbocycles. The normalized spacial score (nSPS) is 10.4. The fraction of sp³-hybridized carbons (Fsp3) is 0.364. The molecule has 7 nitrogen and oxygen atoms in total. The standard InChI is InChI=1S/C11H16N6O/c1-6-5-8(14-15-11(18)12-3)13-10-9(6)7(2)16-17(10)4/h5H,1-4H3,(H,13,14)(H2,12,15,18). The number of aryl methyl sites for hydroxylation is 3. The van der Waals surface area contributed by atoms with Gasteiger partial charge in [-0.25, -0.2) is 9.78 Å². The molecule has 0 saturated heterocycles. The number of hydrogen-bond donors (Lipinski definition) is 3. The lowest BCUT2D eigenvalue weighted by Crippen LogP contribution is -2.37. The number of nitrogens with one attached hydrogen (secondary N) is 3. The van der Waals surface area contributed by atoms with Gasteiger partial charge >= 0.3 is 6.03 Å². The van der Waals surface area contributed by atoms with Crippen LogP contribution in [0.5, 0.6) is 0 Å². The highest BCUT2D eigenvalue weighted by atomic mass is 16.2. The molecule has 2 amide bonds. The number of hydrazine groups is 1. The molecule has 96 valence electrons. The summed E-state index contributed by atoms with van der Waals surface area (Å²) >= 11 is 0. The monoisotopic (exact) mass is 248 g/mol. The third kappa shape index (κ3) is 2.06. The topological polar surface area (TPSA) is 83.9 Å². The maximum Gasteiger partial charge on any atom is 0.333 e. The zero-order chi connectivity index (χ0) is 13.3. The van der Waals surface area contributed by atoms with Crippen molar-refractivity contribution in [3.05, 3.63) is 17.3 Å². The van der Waals surface area contributed by atoms with Crippen molar-refractivity contribution in [2.75, 3.05) is 12.5 Å². The number of aromatic nitrogens is 3. The molecule has 0 saturated carbocycles. The lowest BCUT2D eigenvalue weighted by Gasteiger charge is -2.08. The van der Waals surface area contributed by atoms with Gasteiger partial charge in [-0.15, -0.1) is 0 Å². The first-order chi connectivity index (χ1) is 8.52. The molecule has 0 unspecified atom stereocenters. The van der Waals surface area contributed by atoms with Crippen molar-refractivity contribution in [2.24, 2.45) is 7.05 Å². The van der Waals surface area contributed by atoms with E-state index in [0.717, 1.165) is 22.3 Å². The molecular weight excluding hydrogens is 232 g/mol. The maximum absolute atomic E-state index is 11.1. The van der Waals surface area contributed by atoms with Gasteiger partial charge < -0.3 is 5.32 Å². The van der Waals surface area contributed by atoms with Gasteiger partial charge in [0.05, 0.1) is 5.69 Å². The second-order valence-corrected chi connectivity index (χ2v) is 4.06. The number of hydrogen-bond acceptors (Lipinski definition) is 4. The molecule has 0 aromatic carbocycles. The van der Waals surface area contributed by atoms with E-state index in [0.29, 0.717) is 5.82 Å². The van der Waals surface area contributed by atoms with Gasteiger partial charge in [0.2, 0.25) is 0 Å². The Morgan fingerprint density at radius 1 is 1.39 bits per heavy atom. The predicted octanol–water partition coefficient (Wildman–Crippen LogP) is 0.841. The van der Waals surface area contributed by atoms with Crippen LogP contribution < -0.4 is 16.2 Å². The minimum absolute atomic E-state index is 0.323. The molecule has 0 spiro atoms. The Kier molecular flexibility index (Phi) is 3.05. The molecule has 0 fully saturated rings. The lowest BCUT2D eigenvalue weighted by atomic mass is 10.1. The number of carbonyl (C=O) groups excluding carboxylic acids is 1. The number of carbonyl (C=O) groups is 1. The minimum Gasteiger partial charge on any atom is -0.340 e. The molecule has 0 aliphatic rings. The van der Waals surface area contributed by atoms with Crippen molar-refractivity contribution in [3.8, 4) is 0 Å². The number of amides is 2. The summed E-state index contributed by atoms with van der Waals surface area (Å²) in [6.07, 6.45) is 0. The van der Waals surface area contributed by atoms with Crippen molar-refractivity contribution < 1.29 is 4.79 Å². The van der Waals surface area contributed by atoms with E-state index >= 15 is 0 Å². The molecule has 2 aromatic rings. The first-order valence-corrected chi connectivity index (χ1v) is 5.57. The predicted molar refractivity (Wildman–Crippen MR) is 69.2 cm³/mol. The molecule has 2 aromatic heterocycles. The second-order valence-electron chi connectivity index (χ2n) is 4.06. The van der Waals surface area contributed by atoms with Gasteiger partial charge in [-0.05, 0) is 25.5 Å². The molecule has 3 N–H and O–H groups in total. The summed E-state index contributed by atoms with van der Waals surface area (Å²) in [6.45, 7) is 3.94. The highest BCUT2D eigenvalue weighted by molar-refractivity contribution is 5.84. The Hall–Kier alpha value is -2.31. The van der Waals surface area contributed by atoms with Crippen LogP contribution in [-0.4, -0.2) is 27.8 Å². The number of fused-ring (bicyclic) bond motifs is 1. The summed E-state index contributed by atoms with van der Waals surface area (Å²) in [6, 6.07) is 1.54. The molecule has 18 heavy (non-hydrogen) atoms. The van der Waals surface area contributed by atoms with Crippen molar-refractivity contribution in [2.45, 2.75) is 13.8 Å². The van der Waals surface area contributed by atoms with Crippen LogP contribution >= 0.6 is 0 Å². The summed E-state index contributed by atoms with van der Waals surface area (Å²) in [7, 11) is 3.39. The van der Waals surface area contributed by atoms with Gasteiger partial charge in [0, 0.05) is 19.5 Å². The van der Waals surface area contributed by atoms with Gasteiger partial charge in [0.1, 0.15) is 5.82 Å². The minimum atomic E-state index is -0.323. The van der Waals surface area contributed by atoms with E-state index in [-0.39, 0.29) is 6.03 Å². The third-order valence-corrected chi connectivity index (χ3v) is 2.70. The Morgan fingerprint density at radius 3 is 2.78 bits per heavy atom. The average molecular weight is 248 g/mol. The number of rotatable bonds is 2. The molecule has 0 radical (unpaired) electrons. The van der Waals surface area contributed by atoms with Crippen molar-refractivity contribution in [3.63, 3.8) is 0 Å². The number of anilines is 1. The number of pyridine rings is 1. The van der Waals surface area contributed by atoms with Gasteiger partial charge in [0.15, 0.2) is 5.65 Å². The van der Waals surface area contributed by atoms with E-state index in [9.17, 15) is 4.79 Å². The van der Waals surface area contributed by atoms with E-state index in [1.165, 1.54) is 0 Å². The Balaban J connectivity index is 2.36. The first-order valence-electron chi connectivity index (χ1n) is 5.57. The van der Waals surface area contributed by atoms with E-state index in [2.05, 4.69) is 26.3 Å². The van der Waals surface area contributed by atoms with Crippen LogP contribution in [0.3, 0.4) is 0 Å².